The zero-order valence-electron chi connectivity index (χ0n) is 10.6. The molecular weight excluding hydrogens is 226 g/mol. The molecule has 0 radical (unpaired) electrons. The molecular formula is C14H19N3O. The summed E-state index contributed by atoms with van der Waals surface area (Å²) in [6.45, 7) is 4.35. The van der Waals surface area contributed by atoms with Crippen molar-refractivity contribution in [2.24, 2.45) is 5.92 Å². The Morgan fingerprint density at radius 1 is 1.50 bits per heavy atom. The first-order chi connectivity index (χ1) is 8.88. The Balaban J connectivity index is 1.89. The molecule has 2 rings (SSSR count). The van der Waals surface area contributed by atoms with Gasteiger partial charge in [0.15, 0.2) is 0 Å². The SMILES string of the molecule is N#CCCN(Cc1ccccn1)C[C@H]1CCOC1. The van der Waals surface area contributed by atoms with Gasteiger partial charge < -0.3 is 4.74 Å². The molecule has 1 saturated heterocycles. The fourth-order valence-corrected chi connectivity index (χ4v) is 2.26. The summed E-state index contributed by atoms with van der Waals surface area (Å²) in [4.78, 5) is 6.66. The predicted octanol–water partition coefficient (Wildman–Crippen LogP) is 1.83. The maximum atomic E-state index is 8.73. The summed E-state index contributed by atoms with van der Waals surface area (Å²) in [5.74, 6) is 0.604. The van der Waals surface area contributed by atoms with Crippen LogP contribution in [-0.2, 0) is 11.3 Å². The van der Waals surface area contributed by atoms with Gasteiger partial charge in [-0.2, -0.15) is 5.26 Å². The first-order valence-corrected chi connectivity index (χ1v) is 6.45. The van der Waals surface area contributed by atoms with Crippen LogP contribution in [0, 0.1) is 17.2 Å². The van der Waals surface area contributed by atoms with Gasteiger partial charge in [-0.25, -0.2) is 0 Å². The Kier molecular flexibility index (Phi) is 5.13. The lowest BCUT2D eigenvalue weighted by Crippen LogP contribution is -2.30. The van der Waals surface area contributed by atoms with Crippen LogP contribution >= 0.6 is 0 Å². The van der Waals surface area contributed by atoms with Gasteiger partial charge in [-0.05, 0) is 24.5 Å². The minimum absolute atomic E-state index is 0.570. The van der Waals surface area contributed by atoms with E-state index >= 15 is 0 Å². The third kappa shape index (κ3) is 4.10. The third-order valence-corrected chi connectivity index (χ3v) is 3.19. The fraction of sp³-hybridized carbons (Fsp3) is 0.571. The second kappa shape index (κ2) is 7.10. The largest absolute Gasteiger partial charge is 0.381 e. The van der Waals surface area contributed by atoms with E-state index < -0.39 is 0 Å². The number of nitriles is 1. The Morgan fingerprint density at radius 2 is 2.44 bits per heavy atom. The van der Waals surface area contributed by atoms with Gasteiger partial charge in [0.1, 0.15) is 0 Å². The van der Waals surface area contributed by atoms with Gasteiger partial charge in [0, 0.05) is 38.9 Å². The van der Waals surface area contributed by atoms with Crippen molar-refractivity contribution in [3.05, 3.63) is 30.1 Å². The maximum absolute atomic E-state index is 8.73. The Labute approximate surface area is 108 Å². The number of pyridine rings is 1. The topological polar surface area (TPSA) is 49.2 Å². The number of rotatable bonds is 6. The zero-order chi connectivity index (χ0) is 12.6. The van der Waals surface area contributed by atoms with Gasteiger partial charge >= 0.3 is 0 Å². The van der Waals surface area contributed by atoms with Crippen LogP contribution in [0.5, 0.6) is 0 Å². The average molecular weight is 245 g/mol. The molecule has 0 amide bonds. The monoisotopic (exact) mass is 245 g/mol. The summed E-state index contributed by atoms with van der Waals surface area (Å²) in [7, 11) is 0. The summed E-state index contributed by atoms with van der Waals surface area (Å²) in [5, 5.41) is 8.73. The van der Waals surface area contributed by atoms with Crippen LogP contribution in [0.25, 0.3) is 0 Å². The lowest BCUT2D eigenvalue weighted by Gasteiger charge is -2.23. The molecule has 0 saturated carbocycles. The van der Waals surface area contributed by atoms with Crippen molar-refractivity contribution < 1.29 is 4.74 Å². The van der Waals surface area contributed by atoms with E-state index in [4.69, 9.17) is 10.00 Å². The molecule has 1 atom stereocenters. The van der Waals surface area contributed by atoms with Gasteiger partial charge in [-0.15, -0.1) is 0 Å². The van der Waals surface area contributed by atoms with E-state index in [0.717, 1.165) is 45.0 Å². The first-order valence-electron chi connectivity index (χ1n) is 6.45. The van der Waals surface area contributed by atoms with Crippen LogP contribution in [0.15, 0.2) is 24.4 Å². The van der Waals surface area contributed by atoms with Gasteiger partial charge in [-0.3, -0.25) is 9.88 Å². The highest BCUT2D eigenvalue weighted by atomic mass is 16.5. The molecule has 1 aromatic heterocycles. The molecule has 96 valence electrons. The zero-order valence-corrected chi connectivity index (χ0v) is 10.6. The summed E-state index contributed by atoms with van der Waals surface area (Å²) in [6, 6.07) is 8.18. The number of hydrogen-bond acceptors (Lipinski definition) is 4. The van der Waals surface area contributed by atoms with E-state index in [2.05, 4.69) is 16.0 Å². The molecule has 0 bridgehead atoms. The lowest BCUT2D eigenvalue weighted by molar-refractivity contribution is 0.165. The third-order valence-electron chi connectivity index (χ3n) is 3.19. The smallest absolute Gasteiger partial charge is 0.0635 e. The minimum Gasteiger partial charge on any atom is -0.381 e. The second-order valence-corrected chi connectivity index (χ2v) is 4.69. The minimum atomic E-state index is 0.570. The van der Waals surface area contributed by atoms with Crippen LogP contribution in [0.3, 0.4) is 0 Å². The molecule has 1 aliphatic rings. The molecule has 1 fully saturated rings. The predicted molar refractivity (Wildman–Crippen MR) is 68.7 cm³/mol. The lowest BCUT2D eigenvalue weighted by atomic mass is 10.1. The first kappa shape index (κ1) is 13.0. The van der Waals surface area contributed by atoms with E-state index in [0.29, 0.717) is 12.3 Å². The van der Waals surface area contributed by atoms with Gasteiger partial charge in [0.25, 0.3) is 0 Å². The molecule has 0 unspecified atom stereocenters. The van der Waals surface area contributed by atoms with Crippen LogP contribution in [0.1, 0.15) is 18.5 Å². The van der Waals surface area contributed by atoms with Gasteiger partial charge in [-0.1, -0.05) is 6.07 Å². The quantitative estimate of drug-likeness (QED) is 0.767. The van der Waals surface area contributed by atoms with Crippen LogP contribution in [0.2, 0.25) is 0 Å². The number of hydrogen-bond donors (Lipinski definition) is 0. The van der Waals surface area contributed by atoms with E-state index in [9.17, 15) is 0 Å². The number of nitrogens with zero attached hydrogens (tertiary/aromatic N) is 3. The Bertz CT molecular complexity index is 382. The highest BCUT2D eigenvalue weighted by Gasteiger charge is 2.19. The molecule has 0 N–H and O–H groups in total. The summed E-state index contributed by atoms with van der Waals surface area (Å²) >= 11 is 0. The van der Waals surface area contributed by atoms with Crippen molar-refractivity contribution >= 4 is 0 Å². The van der Waals surface area contributed by atoms with Crippen LogP contribution in [0.4, 0.5) is 0 Å². The van der Waals surface area contributed by atoms with Crippen LogP contribution < -0.4 is 0 Å². The van der Waals surface area contributed by atoms with Crippen molar-refractivity contribution in [1.29, 1.82) is 5.26 Å². The van der Waals surface area contributed by atoms with Gasteiger partial charge in [0.05, 0.1) is 18.4 Å². The Morgan fingerprint density at radius 3 is 3.11 bits per heavy atom. The molecule has 4 heteroatoms. The highest BCUT2D eigenvalue weighted by Crippen LogP contribution is 2.15. The Hall–Kier alpha value is -1.44. The van der Waals surface area contributed by atoms with Gasteiger partial charge in [0.2, 0.25) is 0 Å². The van der Waals surface area contributed by atoms with Crippen molar-refractivity contribution in [2.75, 3.05) is 26.3 Å². The van der Waals surface area contributed by atoms with Crippen molar-refractivity contribution in [3.8, 4) is 6.07 Å². The summed E-state index contributed by atoms with van der Waals surface area (Å²) in [5.41, 5.74) is 1.06. The van der Waals surface area contributed by atoms with Crippen molar-refractivity contribution in [1.82, 2.24) is 9.88 Å². The van der Waals surface area contributed by atoms with E-state index in [1.165, 1.54) is 0 Å². The number of ether oxygens (including phenoxy) is 1. The van der Waals surface area contributed by atoms with E-state index in [1.807, 2.05) is 24.4 Å². The normalized spacial score (nSPS) is 19.0. The highest BCUT2D eigenvalue weighted by molar-refractivity contribution is 5.03. The average Bonchev–Trinajstić information content (AvgIpc) is 2.90. The fourth-order valence-electron chi connectivity index (χ4n) is 2.26. The summed E-state index contributed by atoms with van der Waals surface area (Å²) < 4.78 is 5.41. The summed E-state index contributed by atoms with van der Waals surface area (Å²) in [6.07, 6.45) is 3.52. The van der Waals surface area contributed by atoms with Crippen LogP contribution in [-0.4, -0.2) is 36.2 Å². The standard InChI is InChI=1S/C14H19N3O/c15-6-3-8-17(10-13-5-9-18-12-13)11-14-4-1-2-7-16-14/h1-2,4,7,13H,3,5,8-12H2/t13-/m1/s1. The molecule has 0 aliphatic carbocycles. The maximum Gasteiger partial charge on any atom is 0.0635 e. The molecule has 0 spiro atoms. The molecule has 18 heavy (non-hydrogen) atoms. The van der Waals surface area contributed by atoms with E-state index in [1.54, 1.807) is 0 Å². The second-order valence-electron chi connectivity index (χ2n) is 4.69. The molecule has 1 aromatic rings. The van der Waals surface area contributed by atoms with Crippen molar-refractivity contribution in [3.63, 3.8) is 0 Å². The number of aromatic nitrogens is 1. The van der Waals surface area contributed by atoms with E-state index in [-0.39, 0.29) is 0 Å². The molecule has 2 heterocycles. The molecule has 1 aliphatic heterocycles. The molecule has 0 aromatic carbocycles. The van der Waals surface area contributed by atoms with Crippen molar-refractivity contribution in [2.45, 2.75) is 19.4 Å². The molecule has 4 nitrogen and oxygen atoms in total.